The van der Waals surface area contributed by atoms with Gasteiger partial charge in [-0.25, -0.2) is 0 Å². The van der Waals surface area contributed by atoms with E-state index in [4.69, 9.17) is 0 Å². The van der Waals surface area contributed by atoms with Crippen LogP contribution in [0.1, 0.15) is 30.7 Å². The molecule has 15 heavy (non-hydrogen) atoms. The van der Waals surface area contributed by atoms with Gasteiger partial charge < -0.3 is 5.32 Å². The average Bonchev–Trinajstić information content (AvgIpc) is 2.33. The summed E-state index contributed by atoms with van der Waals surface area (Å²) in [5.74, 6) is 0.00602. The fourth-order valence-corrected chi connectivity index (χ4v) is 2.22. The van der Waals surface area contributed by atoms with E-state index < -0.39 is 0 Å². The van der Waals surface area contributed by atoms with Crippen molar-refractivity contribution in [3.05, 3.63) is 35.9 Å². The molecule has 0 radical (unpaired) electrons. The molecule has 1 fully saturated rings. The Labute approximate surface area is 90.9 Å². The summed E-state index contributed by atoms with van der Waals surface area (Å²) in [6.07, 6.45) is 3.60. The first-order valence-corrected chi connectivity index (χ1v) is 5.60. The Morgan fingerprint density at radius 2 is 2.07 bits per heavy atom. The zero-order valence-corrected chi connectivity index (χ0v) is 8.82. The van der Waals surface area contributed by atoms with Crippen LogP contribution in [0.4, 0.5) is 0 Å². The van der Waals surface area contributed by atoms with Crippen LogP contribution >= 0.6 is 0 Å². The van der Waals surface area contributed by atoms with E-state index >= 15 is 0 Å². The number of piperidine rings is 1. The molecule has 1 saturated heterocycles. The molecular weight excluding hydrogens is 184 g/mol. The lowest BCUT2D eigenvalue weighted by Gasteiger charge is -2.27. The van der Waals surface area contributed by atoms with E-state index in [-0.39, 0.29) is 5.92 Å². The average molecular weight is 200 g/mol. The SMILES string of the molecule is N#C[C@H](c1ccccc1)[C@H]1CCCCN1. The number of nitrogens with zero attached hydrogens (tertiary/aromatic N) is 1. The number of hydrogen-bond acceptors (Lipinski definition) is 2. The van der Waals surface area contributed by atoms with Crippen LogP contribution in [0.3, 0.4) is 0 Å². The monoisotopic (exact) mass is 200 g/mol. The van der Waals surface area contributed by atoms with Crippen molar-refractivity contribution in [2.45, 2.75) is 31.2 Å². The van der Waals surface area contributed by atoms with Crippen molar-refractivity contribution in [2.24, 2.45) is 0 Å². The molecule has 1 aliphatic heterocycles. The molecule has 1 N–H and O–H groups in total. The Hall–Kier alpha value is -1.33. The molecule has 78 valence electrons. The van der Waals surface area contributed by atoms with Gasteiger partial charge in [-0.05, 0) is 24.9 Å². The van der Waals surface area contributed by atoms with Crippen LogP contribution in [0, 0.1) is 11.3 Å². The Bertz CT molecular complexity index is 333. The van der Waals surface area contributed by atoms with Gasteiger partial charge in [-0.15, -0.1) is 0 Å². The van der Waals surface area contributed by atoms with E-state index in [9.17, 15) is 5.26 Å². The second-order valence-electron chi connectivity index (χ2n) is 4.07. The largest absolute Gasteiger partial charge is 0.312 e. The maximum Gasteiger partial charge on any atom is 0.0865 e. The minimum absolute atomic E-state index is 0.00602. The van der Waals surface area contributed by atoms with Crippen molar-refractivity contribution in [3.8, 4) is 6.07 Å². The fraction of sp³-hybridized carbons (Fsp3) is 0.462. The summed E-state index contributed by atoms with van der Waals surface area (Å²) in [7, 11) is 0. The number of nitrogens with one attached hydrogen (secondary N) is 1. The third-order valence-corrected chi connectivity index (χ3v) is 3.05. The van der Waals surface area contributed by atoms with Crippen LogP contribution in [0.25, 0.3) is 0 Å². The molecule has 0 aliphatic carbocycles. The normalized spacial score (nSPS) is 23.0. The van der Waals surface area contributed by atoms with Crippen molar-refractivity contribution in [2.75, 3.05) is 6.54 Å². The maximum atomic E-state index is 9.24. The third-order valence-electron chi connectivity index (χ3n) is 3.05. The predicted octanol–water partition coefficient (Wildman–Crippen LogP) is 2.44. The lowest BCUT2D eigenvalue weighted by molar-refractivity contribution is 0.380. The topological polar surface area (TPSA) is 35.8 Å². The van der Waals surface area contributed by atoms with Crippen LogP contribution in [-0.4, -0.2) is 12.6 Å². The van der Waals surface area contributed by atoms with E-state index in [0.29, 0.717) is 6.04 Å². The number of benzene rings is 1. The second-order valence-corrected chi connectivity index (χ2v) is 4.07. The molecule has 2 rings (SSSR count). The van der Waals surface area contributed by atoms with Crippen molar-refractivity contribution in [3.63, 3.8) is 0 Å². The molecule has 0 aromatic heterocycles. The molecule has 2 atom stereocenters. The third kappa shape index (κ3) is 2.37. The standard InChI is InChI=1S/C13H16N2/c14-10-12(11-6-2-1-3-7-11)13-8-4-5-9-15-13/h1-3,6-7,12-13,15H,4-5,8-9H2/t12-,13-/m1/s1. The Morgan fingerprint density at radius 1 is 1.27 bits per heavy atom. The Morgan fingerprint density at radius 3 is 2.67 bits per heavy atom. The van der Waals surface area contributed by atoms with Gasteiger partial charge in [0.05, 0.1) is 12.0 Å². The lowest BCUT2D eigenvalue weighted by Crippen LogP contribution is -2.38. The highest BCUT2D eigenvalue weighted by molar-refractivity contribution is 5.27. The molecule has 0 unspecified atom stereocenters. The number of hydrogen-bond donors (Lipinski definition) is 1. The van der Waals surface area contributed by atoms with Crippen LogP contribution in [0.5, 0.6) is 0 Å². The minimum Gasteiger partial charge on any atom is -0.312 e. The molecule has 1 aromatic rings. The quantitative estimate of drug-likeness (QED) is 0.796. The van der Waals surface area contributed by atoms with Crippen molar-refractivity contribution < 1.29 is 0 Å². The molecule has 1 aliphatic rings. The first-order chi connectivity index (χ1) is 7.42. The van der Waals surface area contributed by atoms with Gasteiger partial charge in [0.1, 0.15) is 0 Å². The van der Waals surface area contributed by atoms with Gasteiger partial charge in [-0.2, -0.15) is 5.26 Å². The summed E-state index contributed by atoms with van der Waals surface area (Å²) in [5.41, 5.74) is 1.14. The molecule has 2 heteroatoms. The zero-order valence-electron chi connectivity index (χ0n) is 8.82. The molecular formula is C13H16N2. The summed E-state index contributed by atoms with van der Waals surface area (Å²) >= 11 is 0. The van der Waals surface area contributed by atoms with Gasteiger partial charge in [0.2, 0.25) is 0 Å². The number of rotatable bonds is 2. The van der Waals surface area contributed by atoms with Crippen LogP contribution in [0.2, 0.25) is 0 Å². The molecule has 2 nitrogen and oxygen atoms in total. The summed E-state index contributed by atoms with van der Waals surface area (Å²) in [6.45, 7) is 1.05. The van der Waals surface area contributed by atoms with Crippen LogP contribution < -0.4 is 5.32 Å². The first kappa shape index (κ1) is 10.2. The Kier molecular flexibility index (Phi) is 3.37. The maximum absolute atomic E-state index is 9.24. The Balaban J connectivity index is 2.14. The van der Waals surface area contributed by atoms with Crippen molar-refractivity contribution >= 4 is 0 Å². The molecule has 0 saturated carbocycles. The highest BCUT2D eigenvalue weighted by Gasteiger charge is 2.23. The summed E-state index contributed by atoms with van der Waals surface area (Å²) in [6, 6.07) is 12.9. The van der Waals surface area contributed by atoms with Gasteiger partial charge in [-0.3, -0.25) is 0 Å². The van der Waals surface area contributed by atoms with Crippen molar-refractivity contribution in [1.29, 1.82) is 5.26 Å². The van der Waals surface area contributed by atoms with Crippen LogP contribution in [-0.2, 0) is 0 Å². The summed E-state index contributed by atoms with van der Waals surface area (Å²) in [5, 5.41) is 12.7. The molecule has 0 spiro atoms. The fourth-order valence-electron chi connectivity index (χ4n) is 2.22. The first-order valence-electron chi connectivity index (χ1n) is 5.60. The van der Waals surface area contributed by atoms with E-state index in [0.717, 1.165) is 18.5 Å². The minimum atomic E-state index is 0.00602. The van der Waals surface area contributed by atoms with Crippen molar-refractivity contribution in [1.82, 2.24) is 5.32 Å². The second kappa shape index (κ2) is 4.95. The highest BCUT2D eigenvalue weighted by Crippen LogP contribution is 2.24. The van der Waals surface area contributed by atoms with Gasteiger partial charge in [0, 0.05) is 6.04 Å². The van der Waals surface area contributed by atoms with E-state index in [1.165, 1.54) is 12.8 Å². The lowest BCUT2D eigenvalue weighted by atomic mass is 9.88. The highest BCUT2D eigenvalue weighted by atomic mass is 14.9. The van der Waals surface area contributed by atoms with Gasteiger partial charge in [0.25, 0.3) is 0 Å². The predicted molar refractivity (Wildman–Crippen MR) is 60.4 cm³/mol. The zero-order chi connectivity index (χ0) is 10.5. The molecule has 0 amide bonds. The molecule has 1 aromatic carbocycles. The van der Waals surface area contributed by atoms with E-state index in [1.54, 1.807) is 0 Å². The van der Waals surface area contributed by atoms with Gasteiger partial charge in [0.15, 0.2) is 0 Å². The van der Waals surface area contributed by atoms with Gasteiger partial charge in [-0.1, -0.05) is 36.8 Å². The van der Waals surface area contributed by atoms with E-state index in [1.807, 2.05) is 30.3 Å². The summed E-state index contributed by atoms with van der Waals surface area (Å²) < 4.78 is 0. The number of nitriles is 1. The smallest absolute Gasteiger partial charge is 0.0865 e. The molecule has 0 bridgehead atoms. The molecule has 1 heterocycles. The van der Waals surface area contributed by atoms with Crippen LogP contribution in [0.15, 0.2) is 30.3 Å². The van der Waals surface area contributed by atoms with Gasteiger partial charge >= 0.3 is 0 Å². The summed E-state index contributed by atoms with van der Waals surface area (Å²) in [4.78, 5) is 0. The van der Waals surface area contributed by atoms with E-state index in [2.05, 4.69) is 11.4 Å².